The Bertz CT molecular complexity index is 212. The zero-order valence-corrected chi connectivity index (χ0v) is 8.15. The number of nitrogens with zero attached hydrogens (tertiary/aromatic N) is 4. The van der Waals surface area contributed by atoms with Gasteiger partial charge in [0.2, 0.25) is 5.16 Å². The monoisotopic (exact) mass is 190 g/mol. The predicted molar refractivity (Wildman–Crippen MR) is 48.0 cm³/mol. The molecule has 0 spiro atoms. The maximum Gasteiger partial charge on any atom is 0.209 e. The molecule has 0 radical (unpaired) electrons. The first kappa shape index (κ1) is 8.86. The van der Waals surface area contributed by atoms with Crippen LogP contribution in [-0.2, 0) is 6.54 Å². The number of aryl methyl sites for hydroxylation is 1. The lowest BCUT2D eigenvalue weighted by Crippen LogP contribution is -2.03. The Morgan fingerprint density at radius 2 is 2.27 bits per heavy atom. The van der Waals surface area contributed by atoms with Gasteiger partial charge in [0.25, 0.3) is 0 Å². The summed E-state index contributed by atoms with van der Waals surface area (Å²) in [6.45, 7) is 0.893. The third-order valence-electron chi connectivity index (χ3n) is 1.19. The van der Waals surface area contributed by atoms with Gasteiger partial charge in [-0.3, -0.25) is 0 Å². The van der Waals surface area contributed by atoms with Crippen LogP contribution in [0.5, 0.6) is 0 Å². The highest BCUT2D eigenvalue weighted by molar-refractivity contribution is 7.98. The molecule has 1 rings (SSSR count). The van der Waals surface area contributed by atoms with E-state index in [2.05, 4.69) is 21.8 Å². The SMILES string of the molecule is CSCCn1nnnc1SC. The van der Waals surface area contributed by atoms with Crippen molar-refractivity contribution in [3.63, 3.8) is 0 Å². The van der Waals surface area contributed by atoms with Crippen molar-refractivity contribution in [2.45, 2.75) is 11.7 Å². The summed E-state index contributed by atoms with van der Waals surface area (Å²) in [7, 11) is 0. The van der Waals surface area contributed by atoms with Gasteiger partial charge in [0, 0.05) is 5.75 Å². The summed E-state index contributed by atoms with van der Waals surface area (Å²) in [6.07, 6.45) is 4.05. The van der Waals surface area contributed by atoms with Gasteiger partial charge in [0.1, 0.15) is 0 Å². The molecule has 4 nitrogen and oxygen atoms in total. The van der Waals surface area contributed by atoms with Crippen LogP contribution in [0.3, 0.4) is 0 Å². The van der Waals surface area contributed by atoms with Crippen LogP contribution in [-0.4, -0.2) is 38.5 Å². The van der Waals surface area contributed by atoms with Crippen LogP contribution in [0.1, 0.15) is 0 Å². The van der Waals surface area contributed by atoms with Gasteiger partial charge in [0.15, 0.2) is 0 Å². The van der Waals surface area contributed by atoms with Gasteiger partial charge in [0.05, 0.1) is 6.54 Å². The van der Waals surface area contributed by atoms with E-state index in [4.69, 9.17) is 0 Å². The first-order chi connectivity index (χ1) is 5.38. The highest BCUT2D eigenvalue weighted by Gasteiger charge is 2.01. The van der Waals surface area contributed by atoms with Crippen molar-refractivity contribution >= 4 is 23.5 Å². The number of thioether (sulfide) groups is 2. The van der Waals surface area contributed by atoms with Crippen molar-refractivity contribution in [3.8, 4) is 0 Å². The molecule has 0 saturated heterocycles. The molecule has 0 aliphatic rings. The van der Waals surface area contributed by atoms with Crippen molar-refractivity contribution in [3.05, 3.63) is 0 Å². The van der Waals surface area contributed by atoms with E-state index in [0.717, 1.165) is 17.5 Å². The van der Waals surface area contributed by atoms with E-state index in [1.54, 1.807) is 23.5 Å². The predicted octanol–water partition coefficient (Wildman–Crippen LogP) is 0.758. The smallest absolute Gasteiger partial charge is 0.209 e. The Labute approximate surface area is 74.1 Å². The van der Waals surface area contributed by atoms with Gasteiger partial charge < -0.3 is 0 Å². The highest BCUT2D eigenvalue weighted by Crippen LogP contribution is 2.08. The molecule has 0 aliphatic carbocycles. The second kappa shape index (κ2) is 4.61. The molecule has 11 heavy (non-hydrogen) atoms. The lowest BCUT2D eigenvalue weighted by molar-refractivity contribution is 0.587. The third-order valence-corrected chi connectivity index (χ3v) is 2.44. The summed E-state index contributed by atoms with van der Waals surface area (Å²) in [5, 5.41) is 12.2. The minimum absolute atomic E-state index is 0.888. The van der Waals surface area contributed by atoms with Crippen molar-refractivity contribution in [1.29, 1.82) is 0 Å². The number of hydrogen-bond acceptors (Lipinski definition) is 5. The molecule has 0 aliphatic heterocycles. The van der Waals surface area contributed by atoms with Crippen LogP contribution >= 0.6 is 23.5 Å². The van der Waals surface area contributed by atoms with E-state index < -0.39 is 0 Å². The van der Waals surface area contributed by atoms with Crippen LogP contribution in [0.4, 0.5) is 0 Å². The molecule has 0 saturated carbocycles. The summed E-state index contributed by atoms with van der Waals surface area (Å²) in [6, 6.07) is 0. The fourth-order valence-electron chi connectivity index (χ4n) is 0.661. The van der Waals surface area contributed by atoms with Crippen molar-refractivity contribution in [2.75, 3.05) is 18.3 Å². The van der Waals surface area contributed by atoms with Crippen LogP contribution in [0.25, 0.3) is 0 Å². The van der Waals surface area contributed by atoms with Crippen molar-refractivity contribution < 1.29 is 0 Å². The summed E-state index contributed by atoms with van der Waals surface area (Å²) in [5.74, 6) is 1.05. The molecular weight excluding hydrogens is 180 g/mol. The Morgan fingerprint density at radius 1 is 1.45 bits per heavy atom. The Balaban J connectivity index is 2.54. The quantitative estimate of drug-likeness (QED) is 0.656. The molecule has 0 atom stereocenters. The van der Waals surface area contributed by atoms with E-state index >= 15 is 0 Å². The average Bonchev–Trinajstić information content (AvgIpc) is 2.47. The summed E-state index contributed by atoms with van der Waals surface area (Å²) >= 11 is 3.36. The van der Waals surface area contributed by atoms with E-state index in [1.807, 2.05) is 10.9 Å². The molecule has 0 N–H and O–H groups in total. The Kier molecular flexibility index (Phi) is 3.71. The van der Waals surface area contributed by atoms with Gasteiger partial charge in [-0.15, -0.1) is 5.10 Å². The van der Waals surface area contributed by atoms with Gasteiger partial charge in [-0.05, 0) is 22.9 Å². The van der Waals surface area contributed by atoms with Gasteiger partial charge in [-0.2, -0.15) is 11.8 Å². The lowest BCUT2D eigenvalue weighted by Gasteiger charge is -1.98. The molecule has 1 heterocycles. The maximum absolute atomic E-state index is 3.85. The molecule has 62 valence electrons. The Morgan fingerprint density at radius 3 is 2.91 bits per heavy atom. The molecule has 0 amide bonds. The minimum atomic E-state index is 0.888. The zero-order chi connectivity index (χ0) is 8.10. The molecule has 0 unspecified atom stereocenters. The first-order valence-corrected chi connectivity index (χ1v) is 5.79. The fourth-order valence-corrected chi connectivity index (χ4v) is 1.47. The molecule has 0 bridgehead atoms. The third kappa shape index (κ3) is 2.37. The zero-order valence-electron chi connectivity index (χ0n) is 6.52. The van der Waals surface area contributed by atoms with Gasteiger partial charge >= 0.3 is 0 Å². The average molecular weight is 190 g/mol. The summed E-state index contributed by atoms with van der Waals surface area (Å²) in [4.78, 5) is 0. The van der Waals surface area contributed by atoms with Crippen molar-refractivity contribution in [2.24, 2.45) is 0 Å². The number of rotatable bonds is 4. The molecule has 0 fully saturated rings. The van der Waals surface area contributed by atoms with Crippen molar-refractivity contribution in [1.82, 2.24) is 20.2 Å². The maximum atomic E-state index is 3.85. The number of tetrazole rings is 1. The van der Waals surface area contributed by atoms with Crippen LogP contribution in [0, 0.1) is 0 Å². The topological polar surface area (TPSA) is 43.6 Å². The normalized spacial score (nSPS) is 10.4. The van der Waals surface area contributed by atoms with E-state index in [1.165, 1.54) is 0 Å². The molecule has 1 aromatic heterocycles. The standard InChI is InChI=1S/C5H10N4S2/c1-10-4-3-9-5(11-2)6-7-8-9/h3-4H2,1-2H3. The second-order valence-corrected chi connectivity index (χ2v) is 3.64. The molecular formula is C5H10N4S2. The minimum Gasteiger partial charge on any atom is -0.220 e. The van der Waals surface area contributed by atoms with Crippen LogP contribution in [0.15, 0.2) is 5.16 Å². The molecule has 6 heteroatoms. The van der Waals surface area contributed by atoms with Crippen LogP contribution in [0.2, 0.25) is 0 Å². The lowest BCUT2D eigenvalue weighted by atomic mass is 10.8. The number of hydrogen-bond donors (Lipinski definition) is 0. The van der Waals surface area contributed by atoms with E-state index in [9.17, 15) is 0 Å². The van der Waals surface area contributed by atoms with E-state index in [0.29, 0.717) is 0 Å². The largest absolute Gasteiger partial charge is 0.220 e. The Hall–Kier alpha value is -0.230. The first-order valence-electron chi connectivity index (χ1n) is 3.17. The number of aromatic nitrogens is 4. The molecule has 0 aromatic carbocycles. The van der Waals surface area contributed by atoms with E-state index in [-0.39, 0.29) is 0 Å². The van der Waals surface area contributed by atoms with Crippen LogP contribution < -0.4 is 0 Å². The van der Waals surface area contributed by atoms with Gasteiger partial charge in [-0.1, -0.05) is 11.8 Å². The highest BCUT2D eigenvalue weighted by atomic mass is 32.2. The fraction of sp³-hybridized carbons (Fsp3) is 0.800. The summed E-state index contributed by atoms with van der Waals surface area (Å²) < 4.78 is 1.82. The van der Waals surface area contributed by atoms with Gasteiger partial charge in [-0.25, -0.2) is 4.68 Å². The summed E-state index contributed by atoms with van der Waals surface area (Å²) in [5.41, 5.74) is 0. The molecule has 1 aromatic rings. The second-order valence-electron chi connectivity index (χ2n) is 1.88.